The van der Waals surface area contributed by atoms with Gasteiger partial charge >= 0.3 is 0 Å². The summed E-state index contributed by atoms with van der Waals surface area (Å²) in [4.78, 5) is 37.1. The van der Waals surface area contributed by atoms with E-state index in [-0.39, 0.29) is 42.1 Å². The molecule has 36 heavy (non-hydrogen) atoms. The number of amides is 2. The molecule has 0 bridgehead atoms. The summed E-state index contributed by atoms with van der Waals surface area (Å²) in [6.07, 6.45) is 4.96. The number of nitrogens with zero attached hydrogens (tertiary/aromatic N) is 3. The van der Waals surface area contributed by atoms with Crippen LogP contribution in [0, 0.1) is 11.8 Å². The highest BCUT2D eigenvalue weighted by molar-refractivity contribution is 6.30. The number of ether oxygens (including phenoxy) is 1. The van der Waals surface area contributed by atoms with E-state index in [9.17, 15) is 9.59 Å². The van der Waals surface area contributed by atoms with Gasteiger partial charge in [-0.2, -0.15) is 0 Å². The molecule has 5 rings (SSSR count). The largest absolute Gasteiger partial charge is 0.487 e. The molecule has 4 atom stereocenters. The molecule has 1 fully saturated rings. The van der Waals surface area contributed by atoms with E-state index in [4.69, 9.17) is 22.1 Å². The average molecular weight is 510 g/mol. The van der Waals surface area contributed by atoms with Gasteiger partial charge in [0.2, 0.25) is 11.8 Å². The predicted octanol–water partition coefficient (Wildman–Crippen LogP) is 4.16. The molecule has 1 saturated carbocycles. The van der Waals surface area contributed by atoms with E-state index in [1.165, 1.54) is 0 Å². The summed E-state index contributed by atoms with van der Waals surface area (Å²) in [5.41, 5.74) is 7.08. The Morgan fingerprint density at radius 1 is 1.28 bits per heavy atom. The molecular formula is C27H32ClN5O3. The molecule has 8 nitrogen and oxygen atoms in total. The number of nitrogens with one attached hydrogen (secondary N) is 1. The number of aromatic nitrogens is 1. The van der Waals surface area contributed by atoms with Crippen LogP contribution < -0.4 is 15.8 Å². The van der Waals surface area contributed by atoms with Crippen LogP contribution in [0.5, 0.6) is 5.75 Å². The van der Waals surface area contributed by atoms with E-state index in [0.717, 1.165) is 11.1 Å². The molecule has 0 radical (unpaired) electrons. The summed E-state index contributed by atoms with van der Waals surface area (Å²) in [7, 11) is 0. The highest BCUT2D eigenvalue weighted by Gasteiger charge is 2.53. The van der Waals surface area contributed by atoms with Crippen LogP contribution in [0.3, 0.4) is 0 Å². The lowest BCUT2D eigenvalue weighted by atomic mass is 9.89. The monoisotopic (exact) mass is 509 g/mol. The lowest BCUT2D eigenvalue weighted by molar-refractivity contribution is -0.132. The number of rotatable bonds is 5. The van der Waals surface area contributed by atoms with Gasteiger partial charge in [-0.1, -0.05) is 23.7 Å². The van der Waals surface area contributed by atoms with Crippen LogP contribution in [0.1, 0.15) is 70.2 Å². The lowest BCUT2D eigenvalue weighted by Crippen LogP contribution is -2.52. The minimum absolute atomic E-state index is 0.0437. The molecule has 2 amide bonds. The van der Waals surface area contributed by atoms with Crippen LogP contribution in [0.4, 0.5) is 0 Å². The number of carbonyl (C=O) groups is 2. The second-order valence-corrected chi connectivity index (χ2v) is 11.7. The summed E-state index contributed by atoms with van der Waals surface area (Å²) in [5, 5.41) is 3.83. The van der Waals surface area contributed by atoms with Crippen molar-refractivity contribution in [2.45, 2.75) is 70.2 Å². The molecule has 0 unspecified atom stereocenters. The van der Waals surface area contributed by atoms with Crippen molar-refractivity contribution in [1.82, 2.24) is 15.2 Å². The second-order valence-electron chi connectivity index (χ2n) is 11.3. The third-order valence-electron chi connectivity index (χ3n) is 7.15. The summed E-state index contributed by atoms with van der Waals surface area (Å²) in [5.74, 6) is 0.392. The second kappa shape index (κ2) is 8.76. The maximum Gasteiger partial charge on any atom is 0.232 e. The minimum Gasteiger partial charge on any atom is -0.487 e. The maximum absolute atomic E-state index is 13.5. The molecule has 1 aromatic heterocycles. The van der Waals surface area contributed by atoms with E-state index in [2.05, 4.69) is 15.3 Å². The molecule has 3 aliphatic rings. The first-order valence-electron chi connectivity index (χ1n) is 12.3. The van der Waals surface area contributed by atoms with Crippen molar-refractivity contribution in [2.24, 2.45) is 22.6 Å². The third kappa shape index (κ3) is 4.78. The number of halogens is 1. The number of hydrogen-bond acceptors (Lipinski definition) is 6. The van der Waals surface area contributed by atoms with Gasteiger partial charge in [-0.15, -0.1) is 0 Å². The van der Waals surface area contributed by atoms with Crippen molar-refractivity contribution in [3.8, 4) is 5.75 Å². The molecule has 3 N–H and O–H groups in total. The average Bonchev–Trinajstić information content (AvgIpc) is 3.55. The maximum atomic E-state index is 13.5. The Hall–Kier alpha value is -3.13. The Bertz CT molecular complexity index is 1230. The number of pyridine rings is 1. The molecule has 0 spiro atoms. The highest BCUT2D eigenvalue weighted by atomic mass is 35.5. The number of fused-ring (bicyclic) bond motifs is 1. The van der Waals surface area contributed by atoms with Gasteiger partial charge in [-0.25, -0.2) is 4.99 Å². The van der Waals surface area contributed by atoms with Gasteiger partial charge in [0, 0.05) is 35.3 Å². The van der Waals surface area contributed by atoms with E-state index in [0.29, 0.717) is 23.6 Å². The fourth-order valence-corrected chi connectivity index (χ4v) is 5.68. The molecule has 190 valence electrons. The zero-order valence-corrected chi connectivity index (χ0v) is 21.7. The lowest BCUT2D eigenvalue weighted by Gasteiger charge is -2.38. The van der Waals surface area contributed by atoms with Crippen LogP contribution in [0.2, 0.25) is 5.02 Å². The van der Waals surface area contributed by atoms with Crippen molar-refractivity contribution in [2.75, 3.05) is 0 Å². The fraction of sp³-hybridized carbons (Fsp3) is 0.481. The Balaban J connectivity index is 1.39. The van der Waals surface area contributed by atoms with Crippen LogP contribution in [0.15, 0.2) is 47.7 Å². The fourth-order valence-electron chi connectivity index (χ4n) is 5.52. The first kappa shape index (κ1) is 24.6. The molecule has 3 heterocycles. The Morgan fingerprint density at radius 3 is 2.75 bits per heavy atom. The zero-order chi connectivity index (χ0) is 25.8. The number of nitrogens with two attached hydrogens (primary N) is 1. The minimum atomic E-state index is -0.552. The Kier molecular flexibility index (Phi) is 5.98. The summed E-state index contributed by atoms with van der Waals surface area (Å²) in [6, 6.07) is 8.66. The standard InChI is InChI=1S/C27H32ClN5O3/c1-26(2)13-22(34)33(25(29)32-26)23(15-6-5-9-30-14-15)18-11-19(18)24(35)31-20-12-27(3,4)36-21-10-16(28)7-8-17(20)21/h5-10,14,18-20,23H,11-13H2,1-4H3,(H2,29,32)(H,31,35)/t18-,19-,20-,23-/m0/s1. The normalized spacial score (nSPS) is 26.8. The topological polar surface area (TPSA) is 110 Å². The SMILES string of the molecule is CC1(C)CC(=O)N([C@@H](c2cccnc2)[C@H]2C[C@@H]2C(=O)N[C@H]2CC(C)(C)Oc3cc(Cl)ccc32)C(N)=N1. The quantitative estimate of drug-likeness (QED) is 0.629. The molecule has 2 aromatic rings. The van der Waals surface area contributed by atoms with E-state index in [1.807, 2.05) is 52.0 Å². The predicted molar refractivity (Wildman–Crippen MR) is 137 cm³/mol. The van der Waals surface area contributed by atoms with Crippen LogP contribution in [-0.4, -0.2) is 38.8 Å². The molecular weight excluding hydrogens is 478 g/mol. The van der Waals surface area contributed by atoms with Gasteiger partial charge in [0.15, 0.2) is 5.96 Å². The Labute approximate surface area is 216 Å². The molecule has 1 aromatic carbocycles. The van der Waals surface area contributed by atoms with Gasteiger partial charge in [0.05, 0.1) is 24.0 Å². The third-order valence-corrected chi connectivity index (χ3v) is 7.39. The van der Waals surface area contributed by atoms with Crippen molar-refractivity contribution in [3.05, 3.63) is 58.9 Å². The van der Waals surface area contributed by atoms with Crippen molar-refractivity contribution >= 4 is 29.4 Å². The van der Waals surface area contributed by atoms with Gasteiger partial charge in [0.25, 0.3) is 0 Å². The molecule has 9 heteroatoms. The number of guanidine groups is 1. The van der Waals surface area contributed by atoms with E-state index in [1.54, 1.807) is 23.4 Å². The number of carbonyl (C=O) groups excluding carboxylic acids is 2. The van der Waals surface area contributed by atoms with Gasteiger partial charge < -0.3 is 15.8 Å². The van der Waals surface area contributed by atoms with Crippen molar-refractivity contribution in [3.63, 3.8) is 0 Å². The van der Waals surface area contributed by atoms with E-state index < -0.39 is 17.2 Å². The van der Waals surface area contributed by atoms with Crippen molar-refractivity contribution in [1.29, 1.82) is 0 Å². The smallest absolute Gasteiger partial charge is 0.232 e. The number of hydrogen-bond donors (Lipinski definition) is 2. The van der Waals surface area contributed by atoms with Gasteiger partial charge in [-0.05, 0) is 63.8 Å². The van der Waals surface area contributed by atoms with Crippen LogP contribution in [0.25, 0.3) is 0 Å². The van der Waals surface area contributed by atoms with Crippen molar-refractivity contribution < 1.29 is 14.3 Å². The van der Waals surface area contributed by atoms with Crippen LogP contribution in [-0.2, 0) is 9.59 Å². The zero-order valence-electron chi connectivity index (χ0n) is 21.0. The first-order valence-corrected chi connectivity index (χ1v) is 12.7. The van der Waals surface area contributed by atoms with E-state index >= 15 is 0 Å². The van der Waals surface area contributed by atoms with Crippen LogP contribution >= 0.6 is 11.6 Å². The Morgan fingerprint density at radius 2 is 2.06 bits per heavy atom. The summed E-state index contributed by atoms with van der Waals surface area (Å²) >= 11 is 6.19. The molecule has 1 aliphatic carbocycles. The molecule has 0 saturated heterocycles. The number of benzene rings is 1. The molecule has 2 aliphatic heterocycles. The van der Waals surface area contributed by atoms with Gasteiger partial charge in [-0.3, -0.25) is 19.5 Å². The first-order chi connectivity index (χ1) is 16.9. The summed E-state index contributed by atoms with van der Waals surface area (Å²) in [6.45, 7) is 7.78. The van der Waals surface area contributed by atoms with Gasteiger partial charge in [0.1, 0.15) is 11.4 Å². The number of aliphatic imine (C=N–C) groups is 1. The highest BCUT2D eigenvalue weighted by Crippen LogP contribution is 2.51. The summed E-state index contributed by atoms with van der Waals surface area (Å²) < 4.78 is 6.11.